The second-order valence-electron chi connectivity index (χ2n) is 5.91. The molecule has 2 heterocycles. The number of fused-ring (bicyclic) bond motifs is 2. The summed E-state index contributed by atoms with van der Waals surface area (Å²) < 4.78 is 0. The highest BCUT2D eigenvalue weighted by atomic mass is 14.4. The van der Waals surface area contributed by atoms with Gasteiger partial charge < -0.3 is 0 Å². The van der Waals surface area contributed by atoms with Gasteiger partial charge in [-0.3, -0.25) is 0 Å². The molecule has 0 saturated carbocycles. The van der Waals surface area contributed by atoms with Crippen molar-refractivity contribution < 1.29 is 0 Å². The standard InChI is InChI=1S/C14H22B/c1-2-6-12(7-3-1)14-10-4-8-13(15-14)9-5-11-14/h2,6,12-13H,1,3-5,7-11H2. The Kier molecular flexibility index (Phi) is 2.66. The van der Waals surface area contributed by atoms with E-state index in [0.717, 1.165) is 11.7 Å². The maximum Gasteiger partial charge on any atom is 0.122 e. The molecule has 1 aliphatic carbocycles. The topological polar surface area (TPSA) is 0 Å². The molecule has 2 aliphatic heterocycles. The Hall–Kier alpha value is -0.195. The van der Waals surface area contributed by atoms with Crippen molar-refractivity contribution >= 4 is 7.28 Å². The predicted molar refractivity (Wildman–Crippen MR) is 66.4 cm³/mol. The van der Waals surface area contributed by atoms with Gasteiger partial charge in [-0.15, -0.1) is 0 Å². The predicted octanol–water partition coefficient (Wildman–Crippen LogP) is 4.36. The summed E-state index contributed by atoms with van der Waals surface area (Å²) in [6, 6.07) is 0. The highest BCUT2D eigenvalue weighted by Crippen LogP contribution is 2.57. The van der Waals surface area contributed by atoms with Gasteiger partial charge >= 0.3 is 0 Å². The van der Waals surface area contributed by atoms with Crippen molar-refractivity contribution in [2.24, 2.45) is 5.92 Å². The fourth-order valence-electron chi connectivity index (χ4n) is 4.24. The van der Waals surface area contributed by atoms with Crippen LogP contribution in [0, 0.1) is 5.92 Å². The molecule has 0 aromatic heterocycles. The average molecular weight is 201 g/mol. The maximum atomic E-state index is 2.78. The summed E-state index contributed by atoms with van der Waals surface area (Å²) in [5, 5.41) is 0.637. The molecule has 1 heteroatoms. The molecule has 81 valence electrons. The van der Waals surface area contributed by atoms with Gasteiger partial charge in [0, 0.05) is 0 Å². The van der Waals surface area contributed by atoms with E-state index in [4.69, 9.17) is 0 Å². The SMILES string of the molecule is [B]1C2CCCC1(C1C=CCCC1)CCC2. The van der Waals surface area contributed by atoms with Crippen LogP contribution in [0.5, 0.6) is 0 Å². The molecule has 0 aromatic rings. The number of hydrogen-bond donors (Lipinski definition) is 0. The zero-order chi connectivity index (χ0) is 10.1. The smallest absolute Gasteiger partial charge is 0.0883 e. The molecule has 0 N–H and O–H groups in total. The second-order valence-corrected chi connectivity index (χ2v) is 5.91. The van der Waals surface area contributed by atoms with Crippen LogP contribution >= 0.6 is 0 Å². The Bertz CT molecular complexity index is 246. The Labute approximate surface area is 94.8 Å². The summed E-state index contributed by atoms with van der Waals surface area (Å²) >= 11 is 0. The van der Waals surface area contributed by atoms with E-state index in [1.165, 1.54) is 57.8 Å². The second kappa shape index (κ2) is 3.99. The van der Waals surface area contributed by atoms with Gasteiger partial charge in [0.1, 0.15) is 7.28 Å². The summed E-state index contributed by atoms with van der Waals surface area (Å²) in [5.74, 6) is 1.87. The molecule has 0 spiro atoms. The normalized spacial score (nSPS) is 44.8. The maximum absolute atomic E-state index is 2.78. The molecule has 0 amide bonds. The molecule has 2 fully saturated rings. The van der Waals surface area contributed by atoms with Gasteiger partial charge in [-0.1, -0.05) is 61.8 Å². The van der Waals surface area contributed by atoms with Gasteiger partial charge in [-0.25, -0.2) is 0 Å². The van der Waals surface area contributed by atoms with Crippen LogP contribution in [-0.2, 0) is 0 Å². The Morgan fingerprint density at radius 2 is 1.80 bits per heavy atom. The molecule has 1 radical (unpaired) electrons. The highest BCUT2D eigenvalue weighted by molar-refractivity contribution is 6.43. The summed E-state index contributed by atoms with van der Waals surface area (Å²) in [7, 11) is 2.78. The first-order valence-corrected chi connectivity index (χ1v) is 6.92. The third-order valence-electron chi connectivity index (χ3n) is 4.99. The van der Waals surface area contributed by atoms with Crippen LogP contribution in [0.15, 0.2) is 12.2 Å². The first-order chi connectivity index (χ1) is 7.39. The molecule has 1 atom stereocenters. The zero-order valence-electron chi connectivity index (χ0n) is 9.75. The monoisotopic (exact) mass is 201 g/mol. The molecule has 2 saturated heterocycles. The quantitative estimate of drug-likeness (QED) is 0.436. The molecule has 3 aliphatic rings. The van der Waals surface area contributed by atoms with Crippen molar-refractivity contribution in [3.63, 3.8) is 0 Å². The van der Waals surface area contributed by atoms with Crippen molar-refractivity contribution in [2.45, 2.75) is 68.9 Å². The van der Waals surface area contributed by atoms with E-state index in [2.05, 4.69) is 19.4 Å². The van der Waals surface area contributed by atoms with Crippen LogP contribution in [0.3, 0.4) is 0 Å². The van der Waals surface area contributed by atoms with E-state index in [1.807, 2.05) is 0 Å². The van der Waals surface area contributed by atoms with Gasteiger partial charge in [0.25, 0.3) is 0 Å². The lowest BCUT2D eigenvalue weighted by Crippen LogP contribution is -2.38. The van der Waals surface area contributed by atoms with Gasteiger partial charge in [0.15, 0.2) is 0 Å². The Morgan fingerprint density at radius 1 is 1.00 bits per heavy atom. The molecular weight excluding hydrogens is 179 g/mol. The van der Waals surface area contributed by atoms with E-state index in [1.54, 1.807) is 0 Å². The molecule has 3 rings (SSSR count). The minimum atomic E-state index is 0.637. The average Bonchev–Trinajstić information content (AvgIpc) is 2.30. The van der Waals surface area contributed by atoms with E-state index in [9.17, 15) is 0 Å². The van der Waals surface area contributed by atoms with Crippen LogP contribution in [-0.4, -0.2) is 7.28 Å². The van der Waals surface area contributed by atoms with E-state index in [0.29, 0.717) is 5.31 Å². The van der Waals surface area contributed by atoms with E-state index < -0.39 is 0 Å². The fourth-order valence-corrected chi connectivity index (χ4v) is 4.24. The molecular formula is C14H22B. The van der Waals surface area contributed by atoms with Gasteiger partial charge in [-0.2, -0.15) is 0 Å². The lowest BCUT2D eigenvalue weighted by atomic mass is 9.32. The molecule has 2 bridgehead atoms. The van der Waals surface area contributed by atoms with Crippen LogP contribution in [0.25, 0.3) is 0 Å². The Morgan fingerprint density at radius 3 is 2.47 bits per heavy atom. The number of hydrogen-bond acceptors (Lipinski definition) is 0. The summed E-state index contributed by atoms with van der Waals surface area (Å²) in [4.78, 5) is 0. The van der Waals surface area contributed by atoms with Crippen molar-refractivity contribution in [1.82, 2.24) is 0 Å². The van der Waals surface area contributed by atoms with E-state index in [-0.39, 0.29) is 0 Å². The van der Waals surface area contributed by atoms with Crippen molar-refractivity contribution in [2.75, 3.05) is 0 Å². The van der Waals surface area contributed by atoms with Crippen molar-refractivity contribution in [1.29, 1.82) is 0 Å². The lowest BCUT2D eigenvalue weighted by molar-refractivity contribution is 0.269. The largest absolute Gasteiger partial charge is 0.122 e. The Balaban J connectivity index is 1.80. The zero-order valence-corrected chi connectivity index (χ0v) is 9.75. The molecule has 1 unspecified atom stereocenters. The first-order valence-electron chi connectivity index (χ1n) is 6.92. The minimum absolute atomic E-state index is 0.637. The van der Waals surface area contributed by atoms with Gasteiger partial charge in [-0.05, 0) is 25.2 Å². The summed E-state index contributed by atoms with van der Waals surface area (Å²) in [6.45, 7) is 0. The third kappa shape index (κ3) is 1.79. The summed E-state index contributed by atoms with van der Waals surface area (Å²) in [6.07, 6.45) is 18.1. The minimum Gasteiger partial charge on any atom is -0.0883 e. The lowest BCUT2D eigenvalue weighted by Gasteiger charge is -2.49. The van der Waals surface area contributed by atoms with Crippen molar-refractivity contribution in [3.8, 4) is 0 Å². The molecule has 0 nitrogen and oxygen atoms in total. The van der Waals surface area contributed by atoms with Crippen molar-refractivity contribution in [3.05, 3.63) is 12.2 Å². The fraction of sp³-hybridized carbons (Fsp3) is 0.857. The van der Waals surface area contributed by atoms with Crippen LogP contribution in [0.2, 0.25) is 11.1 Å². The van der Waals surface area contributed by atoms with Crippen LogP contribution < -0.4 is 0 Å². The van der Waals surface area contributed by atoms with Crippen LogP contribution in [0.1, 0.15) is 57.8 Å². The summed E-state index contributed by atoms with van der Waals surface area (Å²) in [5.41, 5.74) is 0. The molecule has 15 heavy (non-hydrogen) atoms. The van der Waals surface area contributed by atoms with Gasteiger partial charge in [0.2, 0.25) is 0 Å². The third-order valence-corrected chi connectivity index (χ3v) is 4.99. The number of allylic oxidation sites excluding steroid dienone is 2. The highest BCUT2D eigenvalue weighted by Gasteiger charge is 2.44. The van der Waals surface area contributed by atoms with Gasteiger partial charge in [0.05, 0.1) is 0 Å². The number of rotatable bonds is 1. The van der Waals surface area contributed by atoms with E-state index >= 15 is 0 Å². The molecule has 0 aromatic carbocycles. The van der Waals surface area contributed by atoms with Crippen LogP contribution in [0.4, 0.5) is 0 Å². The first kappa shape index (κ1) is 9.99.